The summed E-state index contributed by atoms with van der Waals surface area (Å²) < 4.78 is 5.31. The fourth-order valence-corrected chi connectivity index (χ4v) is 2.91. The lowest BCUT2D eigenvalue weighted by Crippen LogP contribution is -2.47. The number of aliphatic hydroxyl groups excluding tert-OH is 5. The number of unbranched alkanes of at least 4 members (excludes halogenated alkanes) is 11. The van der Waals surface area contributed by atoms with E-state index in [2.05, 4.69) is 6.92 Å². The summed E-state index contributed by atoms with van der Waals surface area (Å²) in [6.45, 7) is 1.96. The second kappa shape index (κ2) is 18.1. The van der Waals surface area contributed by atoms with Gasteiger partial charge in [-0.05, 0) is 6.42 Å². The molecule has 0 bridgehead atoms. The van der Waals surface area contributed by atoms with Crippen LogP contribution in [0.4, 0.5) is 0 Å². The molecule has 6 nitrogen and oxygen atoms in total. The average molecular weight is 379 g/mol. The Bertz CT molecular complexity index is 289. The molecular weight excluding hydrogens is 336 g/mol. The van der Waals surface area contributed by atoms with Crippen LogP contribution in [0.15, 0.2) is 0 Å². The predicted octanol–water partition coefficient (Wildman–Crippen LogP) is 2.14. The molecule has 0 rings (SSSR count). The van der Waals surface area contributed by atoms with Crippen LogP contribution in [0, 0.1) is 0 Å². The lowest BCUT2D eigenvalue weighted by Gasteiger charge is -2.25. The minimum absolute atomic E-state index is 0.103. The van der Waals surface area contributed by atoms with Crippen molar-refractivity contribution in [3.8, 4) is 0 Å². The minimum atomic E-state index is -1.59. The Morgan fingerprint density at radius 2 is 1.04 bits per heavy atom. The first-order chi connectivity index (χ1) is 12.5. The molecule has 0 unspecified atom stereocenters. The first-order valence-electron chi connectivity index (χ1n) is 10.4. The van der Waals surface area contributed by atoms with Gasteiger partial charge in [0.05, 0.1) is 13.2 Å². The van der Waals surface area contributed by atoms with Gasteiger partial charge in [0.25, 0.3) is 0 Å². The fourth-order valence-electron chi connectivity index (χ4n) is 2.91. The predicted molar refractivity (Wildman–Crippen MR) is 103 cm³/mol. The fraction of sp³-hybridized carbons (Fsp3) is 1.00. The highest BCUT2D eigenvalue weighted by Crippen LogP contribution is 2.12. The molecule has 0 aliphatic carbocycles. The van der Waals surface area contributed by atoms with Gasteiger partial charge in [-0.15, -0.1) is 0 Å². The van der Waals surface area contributed by atoms with Crippen molar-refractivity contribution in [3.63, 3.8) is 0 Å². The Morgan fingerprint density at radius 3 is 1.50 bits per heavy atom. The van der Waals surface area contributed by atoms with Crippen molar-refractivity contribution >= 4 is 0 Å². The molecule has 0 saturated heterocycles. The Labute approximate surface area is 159 Å². The topological polar surface area (TPSA) is 110 Å². The van der Waals surface area contributed by atoms with Crippen LogP contribution in [0.1, 0.15) is 84.0 Å². The van der Waals surface area contributed by atoms with E-state index in [1.807, 2.05) is 0 Å². The highest BCUT2D eigenvalue weighted by molar-refractivity contribution is 4.80. The molecule has 0 spiro atoms. The first-order valence-corrected chi connectivity index (χ1v) is 10.4. The monoisotopic (exact) mass is 378 g/mol. The van der Waals surface area contributed by atoms with Crippen molar-refractivity contribution in [3.05, 3.63) is 0 Å². The largest absolute Gasteiger partial charge is 0.394 e. The molecule has 0 amide bonds. The van der Waals surface area contributed by atoms with E-state index >= 15 is 0 Å². The zero-order valence-electron chi connectivity index (χ0n) is 16.6. The van der Waals surface area contributed by atoms with Crippen LogP contribution in [0.25, 0.3) is 0 Å². The first kappa shape index (κ1) is 25.8. The summed E-state index contributed by atoms with van der Waals surface area (Å²) in [5.74, 6) is 0. The molecule has 0 aromatic carbocycles. The van der Waals surface area contributed by atoms with Gasteiger partial charge in [0.15, 0.2) is 0 Å². The van der Waals surface area contributed by atoms with Crippen LogP contribution in [0.2, 0.25) is 0 Å². The molecular formula is C20H42O6. The summed E-state index contributed by atoms with van der Waals surface area (Å²) in [4.78, 5) is 0. The Balaban J connectivity index is 3.37. The quantitative estimate of drug-likeness (QED) is 0.220. The molecule has 4 atom stereocenters. The summed E-state index contributed by atoms with van der Waals surface area (Å²) in [5, 5.41) is 46.8. The van der Waals surface area contributed by atoms with Crippen LogP contribution in [-0.2, 0) is 4.74 Å². The van der Waals surface area contributed by atoms with Gasteiger partial charge in [0.1, 0.15) is 24.4 Å². The SMILES string of the molecule is CCCCCCCCCCCCCCOC[C@H](O)[C@@H](O)[C@H](O)[C@H](O)CO. The molecule has 0 heterocycles. The van der Waals surface area contributed by atoms with E-state index in [0.717, 1.165) is 12.8 Å². The number of hydrogen-bond donors (Lipinski definition) is 5. The third kappa shape index (κ3) is 13.9. The smallest absolute Gasteiger partial charge is 0.111 e. The Hall–Kier alpha value is -0.240. The molecule has 0 aliphatic rings. The summed E-state index contributed by atoms with van der Waals surface area (Å²) in [5.41, 5.74) is 0. The second-order valence-corrected chi connectivity index (χ2v) is 7.26. The Morgan fingerprint density at radius 1 is 0.615 bits per heavy atom. The van der Waals surface area contributed by atoms with Crippen molar-refractivity contribution in [2.45, 2.75) is 108 Å². The van der Waals surface area contributed by atoms with E-state index in [0.29, 0.717) is 6.61 Å². The molecule has 0 saturated carbocycles. The third-order valence-corrected chi connectivity index (χ3v) is 4.76. The molecule has 0 aromatic heterocycles. The summed E-state index contributed by atoms with van der Waals surface area (Å²) in [6, 6.07) is 0. The van der Waals surface area contributed by atoms with E-state index in [1.165, 1.54) is 64.2 Å². The zero-order chi connectivity index (χ0) is 19.6. The molecule has 158 valence electrons. The molecule has 0 aliphatic heterocycles. The van der Waals surface area contributed by atoms with Crippen LogP contribution < -0.4 is 0 Å². The van der Waals surface area contributed by atoms with Gasteiger partial charge >= 0.3 is 0 Å². The number of aliphatic hydroxyl groups is 5. The van der Waals surface area contributed by atoms with E-state index in [1.54, 1.807) is 0 Å². The average Bonchev–Trinajstić information content (AvgIpc) is 2.66. The maximum atomic E-state index is 9.70. The van der Waals surface area contributed by atoms with Gasteiger partial charge in [0.2, 0.25) is 0 Å². The minimum Gasteiger partial charge on any atom is -0.394 e. The lowest BCUT2D eigenvalue weighted by atomic mass is 10.0. The van der Waals surface area contributed by atoms with Crippen molar-refractivity contribution in [1.29, 1.82) is 0 Å². The van der Waals surface area contributed by atoms with E-state index in [-0.39, 0.29) is 6.61 Å². The standard InChI is InChI=1S/C20H42O6/c1-2-3-4-5-6-7-8-9-10-11-12-13-14-26-16-18(23)20(25)19(24)17(22)15-21/h17-25H,2-16H2,1H3/t17-,18+,19-,20-/m1/s1. The summed E-state index contributed by atoms with van der Waals surface area (Å²) in [7, 11) is 0. The van der Waals surface area contributed by atoms with Crippen molar-refractivity contribution in [2.75, 3.05) is 19.8 Å². The number of hydrogen-bond acceptors (Lipinski definition) is 6. The maximum Gasteiger partial charge on any atom is 0.111 e. The normalized spacial score (nSPS) is 16.4. The molecule has 0 radical (unpaired) electrons. The zero-order valence-corrected chi connectivity index (χ0v) is 16.6. The summed E-state index contributed by atoms with van der Waals surface area (Å²) in [6.07, 6.45) is 9.29. The maximum absolute atomic E-state index is 9.70. The molecule has 0 aromatic rings. The number of ether oxygens (including phenoxy) is 1. The van der Waals surface area contributed by atoms with Gasteiger partial charge in [-0.2, -0.15) is 0 Å². The van der Waals surface area contributed by atoms with Gasteiger partial charge < -0.3 is 30.3 Å². The van der Waals surface area contributed by atoms with Crippen molar-refractivity contribution < 1.29 is 30.3 Å². The second-order valence-electron chi connectivity index (χ2n) is 7.26. The molecule has 5 N–H and O–H groups in total. The number of rotatable bonds is 19. The van der Waals surface area contributed by atoms with Crippen molar-refractivity contribution in [1.82, 2.24) is 0 Å². The van der Waals surface area contributed by atoms with Crippen molar-refractivity contribution in [2.24, 2.45) is 0 Å². The van der Waals surface area contributed by atoms with Gasteiger partial charge in [-0.3, -0.25) is 0 Å². The Kier molecular flexibility index (Phi) is 18.0. The molecule has 26 heavy (non-hydrogen) atoms. The third-order valence-electron chi connectivity index (χ3n) is 4.76. The molecule has 0 fully saturated rings. The highest BCUT2D eigenvalue weighted by Gasteiger charge is 2.29. The summed E-state index contributed by atoms with van der Waals surface area (Å²) >= 11 is 0. The van der Waals surface area contributed by atoms with E-state index < -0.39 is 31.0 Å². The van der Waals surface area contributed by atoms with Crippen LogP contribution >= 0.6 is 0 Å². The van der Waals surface area contributed by atoms with Gasteiger partial charge in [-0.1, -0.05) is 77.6 Å². The van der Waals surface area contributed by atoms with Gasteiger partial charge in [0, 0.05) is 6.61 Å². The van der Waals surface area contributed by atoms with E-state index in [9.17, 15) is 20.4 Å². The van der Waals surface area contributed by atoms with Crippen LogP contribution in [0.5, 0.6) is 0 Å². The lowest BCUT2D eigenvalue weighted by molar-refractivity contribution is -0.129. The van der Waals surface area contributed by atoms with Gasteiger partial charge in [-0.25, -0.2) is 0 Å². The van der Waals surface area contributed by atoms with Crippen LogP contribution in [0.3, 0.4) is 0 Å². The molecule has 6 heteroatoms. The van der Waals surface area contributed by atoms with Crippen LogP contribution in [-0.4, -0.2) is 69.8 Å². The van der Waals surface area contributed by atoms with E-state index in [4.69, 9.17) is 9.84 Å². The highest BCUT2D eigenvalue weighted by atomic mass is 16.5.